The summed E-state index contributed by atoms with van der Waals surface area (Å²) in [6.45, 7) is 2.18. The number of pyridine rings is 1. The van der Waals surface area contributed by atoms with Gasteiger partial charge in [-0.05, 0) is 35.6 Å². The van der Waals surface area contributed by atoms with Crippen LogP contribution in [0.5, 0.6) is 0 Å². The topological polar surface area (TPSA) is 30.2 Å². The van der Waals surface area contributed by atoms with Gasteiger partial charge in [0.1, 0.15) is 0 Å². The summed E-state index contributed by atoms with van der Waals surface area (Å²) in [5.41, 5.74) is 0. The number of nitrogens with zero attached hydrogens (tertiary/aromatic N) is 1. The average molecular weight is 278 g/mol. The van der Waals surface area contributed by atoms with Crippen LogP contribution in [0.2, 0.25) is 0 Å². The monoisotopic (exact) mass is 278 g/mol. The minimum absolute atomic E-state index is 0.337. The van der Waals surface area contributed by atoms with E-state index in [1.165, 1.54) is 4.57 Å². The minimum Gasteiger partial charge on any atom is -0.412 e. The van der Waals surface area contributed by atoms with Crippen molar-refractivity contribution in [2.45, 2.75) is 6.92 Å². The van der Waals surface area contributed by atoms with E-state index < -0.39 is 0 Å². The lowest BCUT2D eigenvalue weighted by molar-refractivity contribution is -0.586. The number of rotatable bonds is 1. The Bertz CT molecular complexity index is 288. The van der Waals surface area contributed by atoms with Gasteiger partial charge in [0.2, 0.25) is 0 Å². The van der Waals surface area contributed by atoms with Gasteiger partial charge in [-0.15, -0.1) is 0 Å². The Labute approximate surface area is 84.5 Å². The van der Waals surface area contributed by atoms with Crippen molar-refractivity contribution in [2.24, 2.45) is 0 Å². The van der Waals surface area contributed by atoms with Crippen molar-refractivity contribution >= 4 is 28.7 Å². The number of halogens is 1. The molecule has 0 fully saturated rings. The molecule has 0 radical (unpaired) electrons. The van der Waals surface area contributed by atoms with Gasteiger partial charge in [-0.25, -0.2) is 0 Å². The molecule has 0 atom stereocenters. The fraction of sp³-hybridized carbons (Fsp3) is 0.250. The third kappa shape index (κ3) is 2.44. The van der Waals surface area contributed by atoms with Crippen LogP contribution in [-0.4, -0.2) is 12.7 Å². The molecule has 0 aliphatic heterocycles. The SMILES string of the molecule is CCOC(=O)[n+]1cccc(I)c1. The van der Waals surface area contributed by atoms with E-state index in [0.29, 0.717) is 6.61 Å². The predicted octanol–water partition coefficient (Wildman–Crippen LogP) is 1.58. The fourth-order valence-corrected chi connectivity index (χ4v) is 1.27. The van der Waals surface area contributed by atoms with Crippen molar-refractivity contribution in [2.75, 3.05) is 6.61 Å². The smallest absolute Gasteiger partial charge is 0.412 e. The Kier molecular flexibility index (Phi) is 3.46. The standard InChI is InChI=1S/C8H9INO2/c1-2-12-8(11)10-5-3-4-7(9)6-10/h3-6H,2H2,1H3/q+1. The van der Waals surface area contributed by atoms with Gasteiger partial charge in [-0.3, -0.25) is 0 Å². The number of ether oxygens (including phenoxy) is 1. The van der Waals surface area contributed by atoms with Gasteiger partial charge in [0.25, 0.3) is 0 Å². The van der Waals surface area contributed by atoms with Gasteiger partial charge < -0.3 is 4.74 Å². The number of hydrogen-bond donors (Lipinski definition) is 0. The zero-order valence-electron chi connectivity index (χ0n) is 6.66. The molecule has 1 aromatic rings. The Hall–Kier alpha value is -0.650. The molecule has 64 valence electrons. The molecule has 0 amide bonds. The summed E-state index contributed by atoms with van der Waals surface area (Å²) >= 11 is 2.14. The molecular weight excluding hydrogens is 269 g/mol. The number of carbonyl (C=O) groups excluding carboxylic acids is 1. The van der Waals surface area contributed by atoms with Crippen molar-refractivity contribution in [1.29, 1.82) is 0 Å². The largest absolute Gasteiger partial charge is 0.601 e. The molecule has 1 aromatic heterocycles. The van der Waals surface area contributed by atoms with Gasteiger partial charge in [-0.2, -0.15) is 4.79 Å². The molecule has 0 aromatic carbocycles. The molecule has 0 unspecified atom stereocenters. The molecule has 0 bridgehead atoms. The summed E-state index contributed by atoms with van der Waals surface area (Å²) in [5, 5.41) is 0. The molecule has 4 heteroatoms. The lowest BCUT2D eigenvalue weighted by atomic mass is 10.5. The van der Waals surface area contributed by atoms with E-state index >= 15 is 0 Å². The first-order chi connectivity index (χ1) is 5.74. The van der Waals surface area contributed by atoms with Crippen LogP contribution in [-0.2, 0) is 4.74 Å². The van der Waals surface area contributed by atoms with Crippen molar-refractivity contribution in [1.82, 2.24) is 0 Å². The predicted molar refractivity (Wildman–Crippen MR) is 51.8 cm³/mol. The summed E-state index contributed by atoms with van der Waals surface area (Å²) in [7, 11) is 0. The Morgan fingerprint density at radius 1 is 1.75 bits per heavy atom. The van der Waals surface area contributed by atoms with Crippen LogP contribution in [0, 0.1) is 3.57 Å². The first kappa shape index (κ1) is 9.44. The third-order valence-electron chi connectivity index (χ3n) is 1.24. The molecule has 1 rings (SSSR count). The lowest BCUT2D eigenvalue weighted by Crippen LogP contribution is -2.42. The Morgan fingerprint density at radius 2 is 2.50 bits per heavy atom. The zero-order valence-corrected chi connectivity index (χ0v) is 8.82. The molecule has 0 aliphatic carbocycles. The van der Waals surface area contributed by atoms with E-state index in [9.17, 15) is 4.79 Å². The van der Waals surface area contributed by atoms with Crippen LogP contribution in [0.3, 0.4) is 0 Å². The molecule has 0 saturated carbocycles. The van der Waals surface area contributed by atoms with Crippen molar-refractivity contribution in [3.05, 3.63) is 28.1 Å². The van der Waals surface area contributed by atoms with Crippen molar-refractivity contribution < 1.29 is 14.1 Å². The highest BCUT2D eigenvalue weighted by molar-refractivity contribution is 14.1. The summed E-state index contributed by atoms with van der Waals surface area (Å²) in [4.78, 5) is 11.1. The number of aromatic nitrogens is 1. The Balaban J connectivity index is 2.81. The molecule has 12 heavy (non-hydrogen) atoms. The number of hydrogen-bond acceptors (Lipinski definition) is 2. The Morgan fingerprint density at radius 3 is 3.08 bits per heavy atom. The molecule has 1 heterocycles. The van der Waals surface area contributed by atoms with E-state index in [1.807, 2.05) is 6.07 Å². The van der Waals surface area contributed by atoms with Crippen LogP contribution in [0.4, 0.5) is 4.79 Å². The highest BCUT2D eigenvalue weighted by atomic mass is 127. The van der Waals surface area contributed by atoms with Crippen molar-refractivity contribution in [3.63, 3.8) is 0 Å². The zero-order chi connectivity index (χ0) is 8.97. The average Bonchev–Trinajstić information content (AvgIpc) is 2.05. The molecule has 0 aliphatic rings. The van der Waals surface area contributed by atoms with E-state index in [4.69, 9.17) is 4.74 Å². The van der Waals surface area contributed by atoms with Crippen LogP contribution < -0.4 is 4.57 Å². The first-order valence-electron chi connectivity index (χ1n) is 3.58. The van der Waals surface area contributed by atoms with Gasteiger partial charge in [0.15, 0.2) is 12.4 Å². The molecule has 0 spiro atoms. The van der Waals surface area contributed by atoms with E-state index in [2.05, 4.69) is 22.6 Å². The van der Waals surface area contributed by atoms with Crippen LogP contribution in [0.15, 0.2) is 24.5 Å². The third-order valence-corrected chi connectivity index (χ3v) is 1.88. The maximum Gasteiger partial charge on any atom is 0.601 e. The van der Waals surface area contributed by atoms with Gasteiger partial charge in [0.05, 0.1) is 10.2 Å². The number of carbonyl (C=O) groups is 1. The highest BCUT2D eigenvalue weighted by Crippen LogP contribution is 1.97. The second kappa shape index (κ2) is 4.39. The second-order valence-corrected chi connectivity index (χ2v) is 3.37. The van der Waals surface area contributed by atoms with E-state index in [1.54, 1.807) is 25.4 Å². The summed E-state index contributed by atoms with van der Waals surface area (Å²) in [6.07, 6.45) is 3.05. The van der Waals surface area contributed by atoms with Gasteiger partial charge >= 0.3 is 6.09 Å². The summed E-state index contributed by atoms with van der Waals surface area (Å²) in [6, 6.07) is 3.72. The fourth-order valence-electron chi connectivity index (χ4n) is 0.758. The van der Waals surface area contributed by atoms with Crippen LogP contribution in [0.1, 0.15) is 6.92 Å². The maximum atomic E-state index is 11.1. The molecule has 3 nitrogen and oxygen atoms in total. The normalized spacial score (nSPS) is 9.50. The minimum atomic E-state index is -0.337. The molecule has 0 saturated heterocycles. The first-order valence-corrected chi connectivity index (χ1v) is 4.66. The van der Waals surface area contributed by atoms with Crippen LogP contribution in [0.25, 0.3) is 0 Å². The van der Waals surface area contributed by atoms with Crippen LogP contribution >= 0.6 is 22.6 Å². The molecule has 0 N–H and O–H groups in total. The summed E-state index contributed by atoms with van der Waals surface area (Å²) < 4.78 is 7.23. The molecular formula is C8H9INO2+. The van der Waals surface area contributed by atoms with E-state index in [-0.39, 0.29) is 6.09 Å². The van der Waals surface area contributed by atoms with Gasteiger partial charge in [-0.1, -0.05) is 4.57 Å². The quantitative estimate of drug-likeness (QED) is 0.576. The van der Waals surface area contributed by atoms with E-state index in [0.717, 1.165) is 3.57 Å². The highest BCUT2D eigenvalue weighted by Gasteiger charge is 2.14. The second-order valence-electron chi connectivity index (χ2n) is 2.13. The van der Waals surface area contributed by atoms with Gasteiger partial charge in [0, 0.05) is 6.07 Å². The maximum absolute atomic E-state index is 11.1. The summed E-state index contributed by atoms with van der Waals surface area (Å²) in [5.74, 6) is 0. The van der Waals surface area contributed by atoms with Crippen molar-refractivity contribution in [3.8, 4) is 0 Å². The lowest BCUT2D eigenvalue weighted by Gasteiger charge is -1.94.